The second-order valence-corrected chi connectivity index (χ2v) is 6.09. The van der Waals surface area contributed by atoms with Crippen LogP contribution in [0.15, 0.2) is 66.7 Å². The van der Waals surface area contributed by atoms with E-state index < -0.39 is 5.91 Å². The molecule has 25 heavy (non-hydrogen) atoms. The van der Waals surface area contributed by atoms with Gasteiger partial charge < -0.3 is 10.6 Å². The molecule has 3 aromatic carbocycles. The van der Waals surface area contributed by atoms with E-state index in [2.05, 4.69) is 0 Å². The Labute approximate surface area is 150 Å². The van der Waals surface area contributed by atoms with Crippen molar-refractivity contribution in [2.75, 3.05) is 11.4 Å². The Hall–Kier alpha value is -2.85. The molecule has 0 heterocycles. The summed E-state index contributed by atoms with van der Waals surface area (Å²) >= 11 is 6.25. The van der Waals surface area contributed by atoms with Crippen LogP contribution in [0.4, 0.5) is 5.69 Å². The van der Waals surface area contributed by atoms with E-state index in [1.165, 1.54) is 4.90 Å². The number of benzene rings is 3. The molecular formula is C20H17ClN2O2. The van der Waals surface area contributed by atoms with Crippen LogP contribution in [0.5, 0.6) is 0 Å². The van der Waals surface area contributed by atoms with Gasteiger partial charge >= 0.3 is 0 Å². The number of anilines is 1. The second-order valence-electron chi connectivity index (χ2n) is 5.69. The quantitative estimate of drug-likeness (QED) is 0.753. The number of carbonyl (C=O) groups is 2. The first-order chi connectivity index (χ1) is 12.1. The average molecular weight is 353 g/mol. The van der Waals surface area contributed by atoms with Crippen LogP contribution in [0.2, 0.25) is 5.02 Å². The molecule has 0 saturated carbocycles. The number of amides is 2. The van der Waals surface area contributed by atoms with Crippen LogP contribution in [-0.2, 0) is 4.79 Å². The number of nitrogens with zero attached hydrogens (tertiary/aromatic N) is 1. The van der Waals surface area contributed by atoms with Crippen LogP contribution in [0.25, 0.3) is 10.8 Å². The molecular weight excluding hydrogens is 336 g/mol. The Morgan fingerprint density at radius 2 is 1.60 bits per heavy atom. The molecule has 126 valence electrons. The third kappa shape index (κ3) is 3.80. The number of nitrogens with two attached hydrogens (primary N) is 1. The summed E-state index contributed by atoms with van der Waals surface area (Å²) in [6.07, 6.45) is 0.0601. The van der Waals surface area contributed by atoms with Crippen molar-refractivity contribution in [1.29, 1.82) is 0 Å². The molecule has 0 aliphatic rings. The largest absolute Gasteiger partial charge is 0.370 e. The SMILES string of the molecule is NC(=O)CCN(C(=O)c1ccc2ccccc2c1)c1ccccc1Cl. The molecule has 0 aromatic heterocycles. The lowest BCUT2D eigenvalue weighted by molar-refractivity contribution is -0.117. The zero-order valence-corrected chi connectivity index (χ0v) is 14.2. The lowest BCUT2D eigenvalue weighted by Crippen LogP contribution is -2.34. The number of hydrogen-bond acceptors (Lipinski definition) is 2. The molecule has 0 saturated heterocycles. The third-order valence-electron chi connectivity index (χ3n) is 3.97. The predicted molar refractivity (Wildman–Crippen MR) is 101 cm³/mol. The van der Waals surface area contributed by atoms with Gasteiger partial charge in [0, 0.05) is 18.5 Å². The minimum absolute atomic E-state index is 0.0601. The minimum atomic E-state index is -0.469. The summed E-state index contributed by atoms with van der Waals surface area (Å²) in [7, 11) is 0. The summed E-state index contributed by atoms with van der Waals surface area (Å²) in [6, 6.07) is 20.4. The molecule has 2 N–H and O–H groups in total. The van der Waals surface area contributed by atoms with Gasteiger partial charge in [-0.15, -0.1) is 0 Å². The standard InChI is InChI=1S/C20H17ClN2O2/c21-17-7-3-4-8-18(17)23(12-11-19(22)24)20(25)16-10-9-14-5-1-2-6-15(14)13-16/h1-10,13H,11-12H2,(H2,22,24). The van der Waals surface area contributed by atoms with Gasteiger partial charge in [0.1, 0.15) is 0 Å². The molecule has 0 bridgehead atoms. The van der Waals surface area contributed by atoms with Gasteiger partial charge in [-0.25, -0.2) is 0 Å². The molecule has 0 fully saturated rings. The zero-order valence-electron chi connectivity index (χ0n) is 13.5. The van der Waals surface area contributed by atoms with E-state index >= 15 is 0 Å². The van der Waals surface area contributed by atoms with Gasteiger partial charge in [-0.2, -0.15) is 0 Å². The molecule has 0 spiro atoms. The predicted octanol–water partition coefficient (Wildman–Crippen LogP) is 4.02. The van der Waals surface area contributed by atoms with E-state index in [0.29, 0.717) is 16.3 Å². The first-order valence-corrected chi connectivity index (χ1v) is 8.27. The summed E-state index contributed by atoms with van der Waals surface area (Å²) in [5.41, 5.74) is 6.35. The molecule has 0 aliphatic carbocycles. The van der Waals surface area contributed by atoms with Crippen molar-refractivity contribution in [1.82, 2.24) is 0 Å². The van der Waals surface area contributed by atoms with Gasteiger partial charge in [0.05, 0.1) is 10.7 Å². The van der Waals surface area contributed by atoms with Crippen molar-refractivity contribution >= 4 is 39.9 Å². The second kappa shape index (κ2) is 7.36. The fraction of sp³-hybridized carbons (Fsp3) is 0.100. The van der Waals surface area contributed by atoms with Crippen LogP contribution < -0.4 is 10.6 Å². The highest BCUT2D eigenvalue weighted by Gasteiger charge is 2.20. The first kappa shape index (κ1) is 17.0. The van der Waals surface area contributed by atoms with Crippen LogP contribution in [0.3, 0.4) is 0 Å². The zero-order chi connectivity index (χ0) is 17.8. The summed E-state index contributed by atoms with van der Waals surface area (Å²) < 4.78 is 0. The van der Waals surface area contributed by atoms with Crippen molar-refractivity contribution in [2.24, 2.45) is 5.73 Å². The summed E-state index contributed by atoms with van der Waals surface area (Å²) in [5.74, 6) is -0.691. The van der Waals surface area contributed by atoms with Gasteiger partial charge in [-0.3, -0.25) is 9.59 Å². The molecule has 0 unspecified atom stereocenters. The highest BCUT2D eigenvalue weighted by atomic mass is 35.5. The number of carbonyl (C=O) groups excluding carboxylic acids is 2. The topological polar surface area (TPSA) is 63.4 Å². The summed E-state index contributed by atoms with van der Waals surface area (Å²) in [6.45, 7) is 0.171. The van der Waals surface area contributed by atoms with Gasteiger partial charge in [-0.1, -0.05) is 54.1 Å². The highest BCUT2D eigenvalue weighted by Crippen LogP contribution is 2.27. The van der Waals surface area contributed by atoms with Gasteiger partial charge in [0.15, 0.2) is 0 Å². The fourth-order valence-corrected chi connectivity index (χ4v) is 2.94. The maximum absolute atomic E-state index is 13.1. The van der Waals surface area contributed by atoms with Crippen LogP contribution in [-0.4, -0.2) is 18.4 Å². The van der Waals surface area contributed by atoms with Gasteiger partial charge in [0.25, 0.3) is 5.91 Å². The summed E-state index contributed by atoms with van der Waals surface area (Å²) in [5, 5.41) is 2.48. The number of hydrogen-bond donors (Lipinski definition) is 1. The Morgan fingerprint density at radius 1 is 0.920 bits per heavy atom. The van der Waals surface area contributed by atoms with E-state index in [0.717, 1.165) is 10.8 Å². The Kier molecular flexibility index (Phi) is 5.00. The first-order valence-electron chi connectivity index (χ1n) is 7.90. The number of para-hydroxylation sites is 1. The minimum Gasteiger partial charge on any atom is -0.370 e. The van der Waals surface area contributed by atoms with Gasteiger partial charge in [-0.05, 0) is 35.0 Å². The van der Waals surface area contributed by atoms with Crippen LogP contribution >= 0.6 is 11.6 Å². The fourth-order valence-electron chi connectivity index (χ4n) is 2.70. The lowest BCUT2D eigenvalue weighted by atomic mass is 10.1. The van der Waals surface area contributed by atoms with Crippen molar-refractivity contribution < 1.29 is 9.59 Å². The smallest absolute Gasteiger partial charge is 0.258 e. The molecule has 4 nitrogen and oxygen atoms in total. The molecule has 3 rings (SSSR count). The highest BCUT2D eigenvalue weighted by molar-refractivity contribution is 6.34. The van der Waals surface area contributed by atoms with Crippen LogP contribution in [0, 0.1) is 0 Å². The lowest BCUT2D eigenvalue weighted by Gasteiger charge is -2.23. The third-order valence-corrected chi connectivity index (χ3v) is 4.29. The monoisotopic (exact) mass is 352 g/mol. The molecule has 2 amide bonds. The van der Waals surface area contributed by atoms with Crippen molar-refractivity contribution in [3.8, 4) is 0 Å². The Morgan fingerprint density at radius 3 is 2.32 bits per heavy atom. The van der Waals surface area contributed by atoms with Crippen molar-refractivity contribution in [3.63, 3.8) is 0 Å². The number of fused-ring (bicyclic) bond motifs is 1. The van der Waals surface area contributed by atoms with Gasteiger partial charge in [0.2, 0.25) is 5.91 Å². The average Bonchev–Trinajstić information content (AvgIpc) is 2.62. The van der Waals surface area contributed by atoms with E-state index in [-0.39, 0.29) is 18.9 Å². The number of halogens is 1. The molecule has 3 aromatic rings. The molecule has 0 aliphatic heterocycles. The number of primary amides is 1. The maximum atomic E-state index is 13.1. The van der Waals surface area contributed by atoms with Crippen molar-refractivity contribution in [2.45, 2.75) is 6.42 Å². The van der Waals surface area contributed by atoms with Crippen molar-refractivity contribution in [3.05, 3.63) is 77.3 Å². The Bertz CT molecular complexity index is 940. The van der Waals surface area contributed by atoms with E-state index in [1.807, 2.05) is 36.4 Å². The van der Waals surface area contributed by atoms with E-state index in [1.54, 1.807) is 30.3 Å². The van der Waals surface area contributed by atoms with E-state index in [4.69, 9.17) is 17.3 Å². The maximum Gasteiger partial charge on any atom is 0.258 e. The molecule has 0 atom stereocenters. The Balaban J connectivity index is 2.00. The van der Waals surface area contributed by atoms with Crippen LogP contribution in [0.1, 0.15) is 16.8 Å². The van der Waals surface area contributed by atoms with E-state index in [9.17, 15) is 9.59 Å². The normalized spacial score (nSPS) is 10.6. The molecule has 5 heteroatoms. The summed E-state index contributed by atoms with van der Waals surface area (Å²) in [4.78, 5) is 25.8. The number of rotatable bonds is 5. The molecule has 0 radical (unpaired) electrons.